The molecule has 0 amide bonds. The molecule has 0 aromatic heterocycles. The van der Waals surface area contributed by atoms with Gasteiger partial charge in [0, 0.05) is 30.5 Å². The molecule has 1 fully saturated rings. The lowest BCUT2D eigenvalue weighted by molar-refractivity contribution is -0.0514. The Hall–Kier alpha value is -0.960. The number of rotatable bonds is 3. The van der Waals surface area contributed by atoms with Gasteiger partial charge in [0.2, 0.25) is 0 Å². The molecule has 16 heavy (non-hydrogen) atoms. The molecule has 0 saturated carbocycles. The van der Waals surface area contributed by atoms with Crippen molar-refractivity contribution in [2.75, 3.05) is 13.1 Å². The molecule has 1 aliphatic heterocycles. The van der Waals surface area contributed by atoms with Crippen molar-refractivity contribution in [3.05, 3.63) is 35.4 Å². The van der Waals surface area contributed by atoms with Crippen molar-refractivity contribution in [2.45, 2.75) is 25.7 Å². The molecule has 88 valence electrons. The molecule has 0 unspecified atom stereocenters. The minimum Gasteiger partial charge on any atom is -0.315 e. The van der Waals surface area contributed by atoms with Gasteiger partial charge in [-0.05, 0) is 11.6 Å². The van der Waals surface area contributed by atoms with Gasteiger partial charge in [0.05, 0.1) is 0 Å². The molecule has 0 radical (unpaired) electrons. The molecule has 2 rings (SSSR count). The van der Waals surface area contributed by atoms with E-state index in [2.05, 4.69) is 5.32 Å². The number of hydrogen-bond donors (Lipinski definition) is 1. The summed E-state index contributed by atoms with van der Waals surface area (Å²) in [5.74, 6) is -2.99. The highest BCUT2D eigenvalue weighted by Gasteiger charge is 2.36. The highest BCUT2D eigenvalue weighted by atomic mass is 19.3. The fraction of sp³-hybridized carbons (Fsp3) is 0.538. The van der Waals surface area contributed by atoms with Gasteiger partial charge in [0.25, 0.3) is 5.92 Å². The minimum atomic E-state index is -2.73. The van der Waals surface area contributed by atoms with Crippen molar-refractivity contribution in [1.29, 1.82) is 0 Å². The first kappa shape index (κ1) is 11.5. The van der Waals surface area contributed by atoms with Crippen LogP contribution in [0.2, 0.25) is 0 Å². The van der Waals surface area contributed by atoms with E-state index in [9.17, 15) is 8.78 Å². The van der Waals surface area contributed by atoms with E-state index in [1.807, 2.05) is 6.07 Å². The number of hydrogen-bond acceptors (Lipinski definition) is 1. The van der Waals surface area contributed by atoms with Gasteiger partial charge in [0.15, 0.2) is 0 Å². The van der Waals surface area contributed by atoms with E-state index in [-0.39, 0.29) is 5.56 Å². The van der Waals surface area contributed by atoms with E-state index < -0.39 is 11.8 Å². The minimum absolute atomic E-state index is 0.145. The molecule has 1 N–H and O–H groups in total. The summed E-state index contributed by atoms with van der Waals surface area (Å²) in [6.07, 6.45) is 0. The van der Waals surface area contributed by atoms with E-state index in [1.54, 1.807) is 26.0 Å². The maximum atomic E-state index is 13.8. The highest BCUT2D eigenvalue weighted by molar-refractivity contribution is 5.31. The van der Waals surface area contributed by atoms with Crippen molar-refractivity contribution in [3.8, 4) is 0 Å². The topological polar surface area (TPSA) is 12.0 Å². The van der Waals surface area contributed by atoms with Crippen molar-refractivity contribution in [3.63, 3.8) is 0 Å². The SMILES string of the molecule is CC(C)C(F)(F)c1cccc(C2CNC2)c1. The summed E-state index contributed by atoms with van der Waals surface area (Å²) in [6, 6.07) is 6.85. The third-order valence-electron chi connectivity index (χ3n) is 3.25. The van der Waals surface area contributed by atoms with Gasteiger partial charge >= 0.3 is 0 Å². The van der Waals surface area contributed by atoms with Crippen LogP contribution in [0.5, 0.6) is 0 Å². The Labute approximate surface area is 94.9 Å². The van der Waals surface area contributed by atoms with Crippen LogP contribution in [0.15, 0.2) is 24.3 Å². The molecule has 1 saturated heterocycles. The molecule has 1 aromatic carbocycles. The normalized spacial score (nSPS) is 17.6. The van der Waals surface area contributed by atoms with Gasteiger partial charge in [-0.25, -0.2) is 8.78 Å². The molecule has 0 bridgehead atoms. The second-order valence-corrected chi connectivity index (χ2v) is 4.76. The van der Waals surface area contributed by atoms with Crippen LogP contribution >= 0.6 is 0 Å². The number of benzene rings is 1. The van der Waals surface area contributed by atoms with E-state index in [0.717, 1.165) is 18.7 Å². The van der Waals surface area contributed by atoms with Gasteiger partial charge < -0.3 is 5.32 Å². The molecule has 0 aliphatic carbocycles. The number of nitrogens with one attached hydrogen (secondary N) is 1. The van der Waals surface area contributed by atoms with Crippen LogP contribution in [-0.2, 0) is 5.92 Å². The van der Waals surface area contributed by atoms with Crippen LogP contribution in [0.25, 0.3) is 0 Å². The lowest BCUT2D eigenvalue weighted by atomic mass is 9.89. The smallest absolute Gasteiger partial charge is 0.275 e. The van der Waals surface area contributed by atoms with E-state index in [4.69, 9.17) is 0 Å². The zero-order chi connectivity index (χ0) is 11.8. The average Bonchev–Trinajstić information content (AvgIpc) is 2.15. The third-order valence-corrected chi connectivity index (χ3v) is 3.25. The third kappa shape index (κ3) is 1.96. The molecule has 0 atom stereocenters. The van der Waals surface area contributed by atoms with Crippen LogP contribution in [0.4, 0.5) is 8.78 Å². The lowest BCUT2D eigenvalue weighted by Gasteiger charge is -2.29. The standard InChI is InChI=1S/C13H17F2N/c1-9(2)13(14,15)12-5-3-4-10(6-12)11-7-16-8-11/h3-6,9,11,16H,7-8H2,1-2H3. The summed E-state index contributed by atoms with van der Waals surface area (Å²) in [5.41, 5.74) is 1.17. The monoisotopic (exact) mass is 225 g/mol. The molecule has 1 heterocycles. The Balaban J connectivity index is 2.27. The Kier molecular flexibility index (Phi) is 2.98. The van der Waals surface area contributed by atoms with E-state index in [0.29, 0.717) is 5.92 Å². The first-order valence-corrected chi connectivity index (χ1v) is 5.70. The molecular weight excluding hydrogens is 208 g/mol. The summed E-state index contributed by atoms with van der Waals surface area (Å²) >= 11 is 0. The van der Waals surface area contributed by atoms with Gasteiger partial charge in [-0.2, -0.15) is 0 Å². The first-order chi connectivity index (χ1) is 7.51. The van der Waals surface area contributed by atoms with Crippen LogP contribution in [0.1, 0.15) is 30.9 Å². The molecular formula is C13H17F2N. The van der Waals surface area contributed by atoms with Crippen LogP contribution in [0, 0.1) is 5.92 Å². The van der Waals surface area contributed by atoms with Crippen molar-refractivity contribution in [2.24, 2.45) is 5.92 Å². The summed E-state index contributed by atoms with van der Waals surface area (Å²) in [6.45, 7) is 4.91. The average molecular weight is 225 g/mol. The summed E-state index contributed by atoms with van der Waals surface area (Å²) < 4.78 is 27.7. The van der Waals surface area contributed by atoms with Crippen LogP contribution in [-0.4, -0.2) is 13.1 Å². The zero-order valence-electron chi connectivity index (χ0n) is 9.63. The highest BCUT2D eigenvalue weighted by Crippen LogP contribution is 2.36. The van der Waals surface area contributed by atoms with Crippen LogP contribution in [0.3, 0.4) is 0 Å². The molecule has 1 aliphatic rings. The molecule has 3 heteroatoms. The van der Waals surface area contributed by atoms with E-state index in [1.165, 1.54) is 6.07 Å². The predicted octanol–water partition coefficient (Wildman–Crippen LogP) is 3.12. The lowest BCUT2D eigenvalue weighted by Crippen LogP contribution is -2.40. The van der Waals surface area contributed by atoms with Gasteiger partial charge in [-0.15, -0.1) is 0 Å². The zero-order valence-corrected chi connectivity index (χ0v) is 9.63. The Bertz CT molecular complexity index is 370. The van der Waals surface area contributed by atoms with Gasteiger partial charge in [0.1, 0.15) is 0 Å². The second kappa shape index (κ2) is 4.13. The molecule has 1 aromatic rings. The molecule has 1 nitrogen and oxygen atoms in total. The predicted molar refractivity (Wildman–Crippen MR) is 60.8 cm³/mol. The van der Waals surface area contributed by atoms with Crippen LogP contribution < -0.4 is 5.32 Å². The first-order valence-electron chi connectivity index (χ1n) is 5.70. The summed E-state index contributed by atoms with van der Waals surface area (Å²) in [5, 5.41) is 3.15. The number of alkyl halides is 2. The maximum Gasteiger partial charge on any atom is 0.275 e. The maximum absolute atomic E-state index is 13.8. The summed E-state index contributed by atoms with van der Waals surface area (Å²) in [7, 11) is 0. The fourth-order valence-electron chi connectivity index (χ4n) is 1.86. The largest absolute Gasteiger partial charge is 0.315 e. The van der Waals surface area contributed by atoms with Gasteiger partial charge in [-0.3, -0.25) is 0 Å². The van der Waals surface area contributed by atoms with Crippen molar-refractivity contribution < 1.29 is 8.78 Å². The van der Waals surface area contributed by atoms with E-state index >= 15 is 0 Å². The van der Waals surface area contributed by atoms with Crippen molar-refractivity contribution >= 4 is 0 Å². The van der Waals surface area contributed by atoms with Gasteiger partial charge in [-0.1, -0.05) is 32.0 Å². The van der Waals surface area contributed by atoms with Crippen molar-refractivity contribution in [1.82, 2.24) is 5.32 Å². The summed E-state index contributed by atoms with van der Waals surface area (Å²) in [4.78, 5) is 0. The molecule has 0 spiro atoms. The number of halogens is 2. The Morgan fingerprint density at radius 3 is 2.50 bits per heavy atom. The quantitative estimate of drug-likeness (QED) is 0.833. The Morgan fingerprint density at radius 1 is 1.31 bits per heavy atom. The second-order valence-electron chi connectivity index (χ2n) is 4.76. The fourth-order valence-corrected chi connectivity index (χ4v) is 1.86. The Morgan fingerprint density at radius 2 is 2.00 bits per heavy atom.